The zero-order valence-electron chi connectivity index (χ0n) is 14.6. The van der Waals surface area contributed by atoms with Crippen LogP contribution in [0.2, 0.25) is 5.28 Å². The predicted molar refractivity (Wildman–Crippen MR) is 91.8 cm³/mol. The van der Waals surface area contributed by atoms with Crippen LogP contribution in [0.15, 0.2) is 12.4 Å². The number of ether oxygens (including phenoxy) is 1. The summed E-state index contributed by atoms with van der Waals surface area (Å²) >= 11 is 5.72. The molecule has 1 amide bonds. The van der Waals surface area contributed by atoms with Gasteiger partial charge in [0.25, 0.3) is 0 Å². The number of hydrogen-bond donors (Lipinski definition) is 0. The Morgan fingerprint density at radius 2 is 1.83 bits per heavy atom. The number of amides is 1. The van der Waals surface area contributed by atoms with Crippen molar-refractivity contribution >= 4 is 17.7 Å². The Morgan fingerprint density at radius 1 is 1.25 bits per heavy atom. The zero-order valence-corrected chi connectivity index (χ0v) is 15.3. The van der Waals surface area contributed by atoms with Gasteiger partial charge >= 0.3 is 6.09 Å². The summed E-state index contributed by atoms with van der Waals surface area (Å²) in [6, 6.07) is 0. The fourth-order valence-corrected chi connectivity index (χ4v) is 3.50. The Morgan fingerprint density at radius 3 is 2.38 bits per heavy atom. The number of halogens is 1. The third-order valence-corrected chi connectivity index (χ3v) is 4.90. The molecule has 2 fully saturated rings. The van der Waals surface area contributed by atoms with E-state index in [1.165, 1.54) is 0 Å². The Bertz CT molecular complexity index is 584. The number of piperidine rings is 1. The van der Waals surface area contributed by atoms with E-state index in [1.54, 1.807) is 12.4 Å². The summed E-state index contributed by atoms with van der Waals surface area (Å²) in [5, 5.41) is 0.285. The fraction of sp³-hybridized carbons (Fsp3) is 0.706. The van der Waals surface area contributed by atoms with E-state index in [9.17, 15) is 4.79 Å². The molecule has 2 aliphatic heterocycles. The summed E-state index contributed by atoms with van der Waals surface area (Å²) < 4.78 is 5.44. The van der Waals surface area contributed by atoms with Crippen molar-refractivity contribution in [2.24, 2.45) is 5.41 Å². The van der Waals surface area contributed by atoms with Gasteiger partial charge in [0, 0.05) is 43.0 Å². The van der Waals surface area contributed by atoms with Crippen molar-refractivity contribution in [3.05, 3.63) is 23.2 Å². The maximum atomic E-state index is 12.1. The number of hydrogen-bond acceptors (Lipinski definition) is 5. The van der Waals surface area contributed by atoms with E-state index in [1.807, 2.05) is 25.7 Å². The van der Waals surface area contributed by atoms with Crippen molar-refractivity contribution in [1.29, 1.82) is 0 Å². The minimum Gasteiger partial charge on any atom is -0.444 e. The first-order chi connectivity index (χ1) is 11.2. The van der Waals surface area contributed by atoms with Crippen LogP contribution in [0.4, 0.5) is 4.79 Å². The van der Waals surface area contributed by atoms with E-state index in [0.29, 0.717) is 0 Å². The fourth-order valence-electron chi connectivity index (χ4n) is 3.40. The van der Waals surface area contributed by atoms with Crippen LogP contribution in [0.5, 0.6) is 0 Å². The van der Waals surface area contributed by atoms with Crippen molar-refractivity contribution in [2.75, 3.05) is 26.2 Å². The molecule has 0 bridgehead atoms. The SMILES string of the molecule is CC(C)(C)OC(=O)N1CC2(CCN(Cc3cnc(Cl)nc3)CC2)C1. The first-order valence-corrected chi connectivity index (χ1v) is 8.79. The van der Waals surface area contributed by atoms with Crippen LogP contribution < -0.4 is 0 Å². The van der Waals surface area contributed by atoms with Crippen molar-refractivity contribution in [3.8, 4) is 0 Å². The van der Waals surface area contributed by atoms with Gasteiger partial charge in [0.2, 0.25) is 5.28 Å². The van der Waals surface area contributed by atoms with E-state index in [0.717, 1.165) is 51.1 Å². The third-order valence-electron chi connectivity index (χ3n) is 4.70. The molecule has 3 heterocycles. The summed E-state index contributed by atoms with van der Waals surface area (Å²) in [5.74, 6) is 0. The maximum Gasteiger partial charge on any atom is 0.410 e. The number of carbonyl (C=O) groups excluding carboxylic acids is 1. The molecular weight excluding hydrogens is 328 g/mol. The summed E-state index contributed by atoms with van der Waals surface area (Å²) in [6.07, 6.45) is 5.61. The highest BCUT2D eigenvalue weighted by Gasteiger charge is 2.47. The lowest BCUT2D eigenvalue weighted by molar-refractivity contribution is -0.0601. The molecule has 0 unspecified atom stereocenters. The van der Waals surface area contributed by atoms with Gasteiger partial charge in [-0.25, -0.2) is 14.8 Å². The molecule has 24 heavy (non-hydrogen) atoms. The van der Waals surface area contributed by atoms with E-state index < -0.39 is 5.60 Å². The molecule has 0 radical (unpaired) electrons. The monoisotopic (exact) mass is 352 g/mol. The predicted octanol–water partition coefficient (Wildman–Crippen LogP) is 2.96. The van der Waals surface area contributed by atoms with Crippen LogP contribution >= 0.6 is 11.6 Å². The van der Waals surface area contributed by atoms with Gasteiger partial charge < -0.3 is 9.64 Å². The van der Waals surface area contributed by atoms with Gasteiger partial charge in [-0.1, -0.05) is 0 Å². The normalized spacial score (nSPS) is 20.8. The molecule has 0 aliphatic carbocycles. The van der Waals surface area contributed by atoms with Crippen molar-refractivity contribution in [1.82, 2.24) is 19.8 Å². The Labute approximate surface area is 148 Å². The average molecular weight is 353 g/mol. The lowest BCUT2D eigenvalue weighted by Crippen LogP contribution is -2.62. The van der Waals surface area contributed by atoms with Crippen molar-refractivity contribution < 1.29 is 9.53 Å². The van der Waals surface area contributed by atoms with E-state index >= 15 is 0 Å². The highest BCUT2D eigenvalue weighted by Crippen LogP contribution is 2.41. The molecule has 1 aromatic heterocycles. The number of nitrogens with zero attached hydrogens (tertiary/aromatic N) is 4. The van der Waals surface area contributed by atoms with Gasteiger partial charge in [-0.3, -0.25) is 4.90 Å². The Kier molecular flexibility index (Phi) is 4.71. The van der Waals surface area contributed by atoms with Crippen molar-refractivity contribution in [3.63, 3.8) is 0 Å². The molecule has 0 aromatic carbocycles. The van der Waals surface area contributed by atoms with Crippen LogP contribution in [0, 0.1) is 5.41 Å². The molecule has 7 heteroatoms. The molecule has 6 nitrogen and oxygen atoms in total. The minimum absolute atomic E-state index is 0.186. The summed E-state index contributed by atoms with van der Waals surface area (Å²) in [7, 11) is 0. The molecule has 1 aromatic rings. The lowest BCUT2D eigenvalue weighted by atomic mass is 9.72. The Balaban J connectivity index is 1.45. The molecule has 0 saturated carbocycles. The highest BCUT2D eigenvalue weighted by molar-refractivity contribution is 6.28. The number of rotatable bonds is 2. The molecule has 3 rings (SSSR count). The van der Waals surface area contributed by atoms with Crippen molar-refractivity contribution in [2.45, 2.75) is 45.8 Å². The second-order valence-corrected chi connectivity index (χ2v) is 8.31. The quantitative estimate of drug-likeness (QED) is 0.766. The van der Waals surface area contributed by atoms with Gasteiger partial charge in [0.15, 0.2) is 0 Å². The largest absolute Gasteiger partial charge is 0.444 e. The van der Waals surface area contributed by atoms with Gasteiger partial charge in [0.05, 0.1) is 0 Å². The second kappa shape index (κ2) is 6.48. The molecule has 132 valence electrons. The first kappa shape index (κ1) is 17.4. The number of aromatic nitrogens is 2. The maximum absolute atomic E-state index is 12.1. The van der Waals surface area contributed by atoms with Crippen LogP contribution in [-0.4, -0.2) is 57.6 Å². The minimum atomic E-state index is -0.427. The number of likely N-dealkylation sites (tertiary alicyclic amines) is 2. The lowest BCUT2D eigenvalue weighted by Gasteiger charge is -2.53. The highest BCUT2D eigenvalue weighted by atomic mass is 35.5. The molecule has 1 spiro atoms. The third kappa shape index (κ3) is 4.16. The zero-order chi connectivity index (χ0) is 17.4. The van der Waals surface area contributed by atoms with Crippen LogP contribution in [0.3, 0.4) is 0 Å². The smallest absolute Gasteiger partial charge is 0.410 e. The molecule has 2 saturated heterocycles. The molecular formula is C17H25ClN4O2. The molecule has 0 atom stereocenters. The van der Waals surface area contributed by atoms with Crippen LogP contribution in [-0.2, 0) is 11.3 Å². The van der Waals surface area contributed by atoms with Crippen LogP contribution in [0.25, 0.3) is 0 Å². The average Bonchev–Trinajstić information content (AvgIpc) is 2.46. The topological polar surface area (TPSA) is 58.6 Å². The summed E-state index contributed by atoms with van der Waals surface area (Å²) in [4.78, 5) is 24.4. The van der Waals surface area contributed by atoms with E-state index in [4.69, 9.17) is 16.3 Å². The standard InChI is InChI=1S/C17H25ClN4O2/c1-16(2,3)24-15(23)22-11-17(12-22)4-6-21(7-5-17)10-13-8-19-14(18)20-9-13/h8-9H,4-7,10-12H2,1-3H3. The van der Waals surface area contributed by atoms with E-state index in [2.05, 4.69) is 14.9 Å². The second-order valence-electron chi connectivity index (χ2n) is 7.97. The van der Waals surface area contributed by atoms with Gasteiger partial charge in [0.1, 0.15) is 5.60 Å². The first-order valence-electron chi connectivity index (χ1n) is 8.41. The summed E-state index contributed by atoms with van der Waals surface area (Å²) in [6.45, 7) is 10.3. The molecule has 0 N–H and O–H groups in total. The number of carbonyl (C=O) groups is 1. The van der Waals surface area contributed by atoms with E-state index in [-0.39, 0.29) is 16.8 Å². The summed E-state index contributed by atoms with van der Waals surface area (Å²) in [5.41, 5.74) is 0.938. The molecule has 2 aliphatic rings. The van der Waals surface area contributed by atoms with Gasteiger partial charge in [-0.05, 0) is 58.3 Å². The van der Waals surface area contributed by atoms with Gasteiger partial charge in [-0.15, -0.1) is 0 Å². The van der Waals surface area contributed by atoms with Crippen LogP contribution in [0.1, 0.15) is 39.2 Å². The Hall–Kier alpha value is -1.40. The van der Waals surface area contributed by atoms with Gasteiger partial charge in [-0.2, -0.15) is 0 Å².